The molecule has 2 amide bonds. The summed E-state index contributed by atoms with van der Waals surface area (Å²) in [7, 11) is 0. The molecule has 0 saturated heterocycles. The average Bonchev–Trinajstić information content (AvgIpc) is 2.94. The van der Waals surface area contributed by atoms with E-state index in [1.807, 2.05) is 6.07 Å². The maximum Gasteiger partial charge on any atom is 0.326 e. The number of hydrogen-bond donors (Lipinski definition) is 2. The molecule has 6 nitrogen and oxygen atoms in total. The Bertz CT molecular complexity index is 832. The van der Waals surface area contributed by atoms with Gasteiger partial charge in [-0.3, -0.25) is 9.84 Å². The first-order valence-electron chi connectivity index (χ1n) is 7.03. The minimum absolute atomic E-state index is 0.0974. The summed E-state index contributed by atoms with van der Waals surface area (Å²) in [4.78, 5) is 11.8. The van der Waals surface area contributed by atoms with Gasteiger partial charge in [0.15, 0.2) is 0 Å². The highest BCUT2D eigenvalue weighted by molar-refractivity contribution is 5.98. The van der Waals surface area contributed by atoms with Crippen LogP contribution < -0.4 is 15.3 Å². The van der Waals surface area contributed by atoms with Gasteiger partial charge in [-0.25, -0.2) is 13.6 Å². The van der Waals surface area contributed by atoms with E-state index in [0.29, 0.717) is 11.3 Å². The van der Waals surface area contributed by atoms with Gasteiger partial charge in [-0.2, -0.15) is 0 Å². The van der Waals surface area contributed by atoms with Crippen molar-refractivity contribution in [1.29, 1.82) is 0 Å². The molecular weight excluding hydrogens is 318 g/mol. The number of aromatic nitrogens is 2. The van der Waals surface area contributed by atoms with Gasteiger partial charge in [0.05, 0.1) is 0 Å². The Morgan fingerprint density at radius 2 is 1.79 bits per heavy atom. The molecule has 1 aromatic heterocycles. The predicted molar refractivity (Wildman–Crippen MR) is 81.2 cm³/mol. The molecule has 3 aromatic rings. The third-order valence-electron chi connectivity index (χ3n) is 3.05. The molecule has 0 saturated carbocycles. The zero-order chi connectivity index (χ0) is 16.9. The highest BCUT2D eigenvalue weighted by Gasteiger charge is 2.15. The number of halogens is 2. The van der Waals surface area contributed by atoms with Crippen molar-refractivity contribution >= 4 is 17.6 Å². The molecule has 0 atom stereocenters. The van der Waals surface area contributed by atoms with E-state index in [0.717, 1.165) is 6.07 Å². The Labute approximate surface area is 135 Å². The van der Waals surface area contributed by atoms with Crippen molar-refractivity contribution in [3.63, 3.8) is 0 Å². The number of anilines is 2. The van der Waals surface area contributed by atoms with Crippen LogP contribution in [-0.4, -0.2) is 11.3 Å². The molecule has 2 N–H and O–H groups in total. The number of hydrogen-bond acceptors (Lipinski definition) is 3. The fraction of sp³-hybridized carbons (Fsp3) is 0.0625. The van der Waals surface area contributed by atoms with Crippen molar-refractivity contribution in [2.24, 2.45) is 0 Å². The molecule has 0 unspecified atom stereocenters. The third kappa shape index (κ3) is 4.13. The zero-order valence-electron chi connectivity index (χ0n) is 12.4. The summed E-state index contributed by atoms with van der Waals surface area (Å²) in [6.45, 7) is 0.0974. The Hall–Kier alpha value is -3.29. The van der Waals surface area contributed by atoms with Crippen LogP contribution in [0.4, 0.5) is 25.1 Å². The maximum atomic E-state index is 13.2. The number of carbonyl (C=O) groups is 1. The summed E-state index contributed by atoms with van der Waals surface area (Å²) in [6, 6.07) is 11.6. The van der Waals surface area contributed by atoms with Gasteiger partial charge in [0.2, 0.25) is 11.8 Å². The summed E-state index contributed by atoms with van der Waals surface area (Å²) in [6.07, 6.45) is 1.41. The van der Waals surface area contributed by atoms with Crippen LogP contribution in [0.3, 0.4) is 0 Å². The second-order valence-corrected chi connectivity index (χ2v) is 4.99. The van der Waals surface area contributed by atoms with Gasteiger partial charge in [0, 0.05) is 17.3 Å². The number of benzene rings is 2. The summed E-state index contributed by atoms with van der Waals surface area (Å²) < 4.78 is 32.6. The van der Waals surface area contributed by atoms with Crippen molar-refractivity contribution in [3.8, 4) is 0 Å². The first-order valence-corrected chi connectivity index (χ1v) is 7.03. The summed E-state index contributed by atoms with van der Waals surface area (Å²) in [5.74, 6) is -1.25. The Balaban J connectivity index is 1.62. The van der Waals surface area contributed by atoms with Gasteiger partial charge < -0.3 is 5.32 Å². The van der Waals surface area contributed by atoms with Crippen LogP contribution in [0.5, 0.6) is 0 Å². The normalized spacial score (nSPS) is 10.4. The fourth-order valence-electron chi connectivity index (χ4n) is 2.09. The highest BCUT2D eigenvalue weighted by atomic mass is 19.1. The van der Waals surface area contributed by atoms with E-state index in [4.69, 9.17) is 4.52 Å². The van der Waals surface area contributed by atoms with Crippen molar-refractivity contribution in [2.75, 3.05) is 10.6 Å². The summed E-state index contributed by atoms with van der Waals surface area (Å²) in [5, 5.41) is 8.77. The highest BCUT2D eigenvalue weighted by Crippen LogP contribution is 2.09. The van der Waals surface area contributed by atoms with E-state index in [1.165, 1.54) is 23.0 Å². The molecule has 3 rings (SSSR count). The fourth-order valence-corrected chi connectivity index (χ4v) is 2.09. The molecule has 0 bridgehead atoms. The number of rotatable bonds is 4. The minimum atomic E-state index is -0.672. The van der Waals surface area contributed by atoms with Crippen LogP contribution in [0.15, 0.2) is 59.3 Å². The molecule has 0 radical (unpaired) electrons. The number of amides is 2. The van der Waals surface area contributed by atoms with Crippen LogP contribution in [0.2, 0.25) is 0 Å². The molecule has 0 aliphatic carbocycles. The molecule has 0 aliphatic heterocycles. The molecule has 24 heavy (non-hydrogen) atoms. The third-order valence-corrected chi connectivity index (χ3v) is 3.05. The van der Waals surface area contributed by atoms with Crippen LogP contribution in [0.1, 0.15) is 5.56 Å². The van der Waals surface area contributed by atoms with E-state index in [9.17, 15) is 13.6 Å². The molecule has 0 aliphatic rings. The molecule has 0 spiro atoms. The molecule has 2 aromatic carbocycles. The van der Waals surface area contributed by atoms with Gasteiger partial charge >= 0.3 is 11.9 Å². The lowest BCUT2D eigenvalue weighted by atomic mass is 10.2. The zero-order valence-corrected chi connectivity index (χ0v) is 12.4. The predicted octanol–water partition coefficient (Wildman–Crippen LogP) is 2.93. The van der Waals surface area contributed by atoms with Crippen molar-refractivity contribution < 1.29 is 22.8 Å². The van der Waals surface area contributed by atoms with Gasteiger partial charge in [0.1, 0.15) is 11.6 Å². The lowest BCUT2D eigenvalue weighted by molar-refractivity contribution is -0.754. The van der Waals surface area contributed by atoms with E-state index in [-0.39, 0.29) is 12.4 Å². The Kier molecular flexibility index (Phi) is 4.46. The Morgan fingerprint density at radius 1 is 1.08 bits per heavy atom. The Morgan fingerprint density at radius 3 is 2.50 bits per heavy atom. The topological polar surface area (TPSA) is 71.0 Å². The molecule has 0 fully saturated rings. The van der Waals surface area contributed by atoms with Crippen molar-refractivity contribution in [2.45, 2.75) is 6.54 Å². The monoisotopic (exact) mass is 331 g/mol. The smallest absolute Gasteiger partial charge is 0.308 e. The van der Waals surface area contributed by atoms with E-state index in [2.05, 4.69) is 15.9 Å². The van der Waals surface area contributed by atoms with Crippen molar-refractivity contribution in [1.82, 2.24) is 5.27 Å². The first-order chi connectivity index (χ1) is 11.6. The lowest BCUT2D eigenvalue weighted by Crippen LogP contribution is -2.35. The minimum Gasteiger partial charge on any atom is -0.308 e. The van der Waals surface area contributed by atoms with Gasteiger partial charge in [0.25, 0.3) is 6.20 Å². The average molecular weight is 331 g/mol. The quantitative estimate of drug-likeness (QED) is 0.722. The second-order valence-electron chi connectivity index (χ2n) is 4.99. The number of para-hydroxylation sites is 1. The second kappa shape index (κ2) is 6.86. The summed E-state index contributed by atoms with van der Waals surface area (Å²) in [5.41, 5.74) is 1.00. The molecule has 8 heteroatoms. The van der Waals surface area contributed by atoms with E-state index >= 15 is 0 Å². The van der Waals surface area contributed by atoms with E-state index < -0.39 is 17.7 Å². The van der Waals surface area contributed by atoms with Crippen LogP contribution in [-0.2, 0) is 6.54 Å². The number of carbonyl (C=O) groups excluding carboxylic acids is 1. The van der Waals surface area contributed by atoms with Crippen LogP contribution in [0.25, 0.3) is 0 Å². The number of nitrogens with one attached hydrogen (secondary N) is 2. The van der Waals surface area contributed by atoms with Gasteiger partial charge in [-0.1, -0.05) is 18.2 Å². The molecular formula is C16H13F2N4O2+. The van der Waals surface area contributed by atoms with Gasteiger partial charge in [-0.05, 0) is 28.9 Å². The van der Waals surface area contributed by atoms with Crippen LogP contribution >= 0.6 is 0 Å². The van der Waals surface area contributed by atoms with Crippen LogP contribution in [0, 0.1) is 11.6 Å². The van der Waals surface area contributed by atoms with E-state index in [1.54, 1.807) is 24.3 Å². The first kappa shape index (κ1) is 15.6. The van der Waals surface area contributed by atoms with Gasteiger partial charge in [-0.15, -0.1) is 0 Å². The summed E-state index contributed by atoms with van der Waals surface area (Å²) >= 11 is 0. The SMILES string of the molecule is O=C(Nc1ccccc1)Nc1c[n+](Cc2cc(F)cc(F)c2)no1. The lowest BCUT2D eigenvalue weighted by Gasteiger charge is -2.02. The molecule has 122 valence electrons. The number of urea groups is 1. The largest absolute Gasteiger partial charge is 0.326 e. The molecule has 1 heterocycles. The number of nitrogens with zero attached hydrogens (tertiary/aromatic N) is 2. The maximum absolute atomic E-state index is 13.2. The standard InChI is InChI=1S/C16H12F2N4O2/c17-12-6-11(7-13(18)8-12)9-22-10-15(24-21-22)20-16(23)19-14-4-2-1-3-5-14/h1-8,10H,9H2,(H-,19,20,21,23)/p+1. The van der Waals surface area contributed by atoms with Crippen molar-refractivity contribution in [3.05, 3.63) is 71.9 Å².